The average Bonchev–Trinajstić information content (AvgIpc) is 2.49. The summed E-state index contributed by atoms with van der Waals surface area (Å²) in [4.78, 5) is 3.79. The number of nitrogens with zero attached hydrogens (tertiary/aromatic N) is 2. The Morgan fingerprint density at radius 3 is 2.86 bits per heavy atom. The van der Waals surface area contributed by atoms with Gasteiger partial charge in [0.15, 0.2) is 5.82 Å². The minimum atomic E-state index is -3.77. The maximum atomic E-state index is 14.2. The summed E-state index contributed by atoms with van der Waals surface area (Å²) in [6.45, 7) is 4.73. The maximum absolute atomic E-state index is 14.2. The van der Waals surface area contributed by atoms with Crippen LogP contribution in [0.5, 0.6) is 0 Å². The van der Waals surface area contributed by atoms with Crippen molar-refractivity contribution in [3.8, 4) is 0 Å². The Kier molecular flexibility index (Phi) is 3.88. The van der Waals surface area contributed by atoms with Gasteiger partial charge in [-0.05, 0) is 19.9 Å². The van der Waals surface area contributed by atoms with Gasteiger partial charge < -0.3 is 5.32 Å². The zero-order chi connectivity index (χ0) is 15.9. The molecule has 2 atom stereocenters. The first kappa shape index (κ1) is 15.3. The Morgan fingerprint density at radius 1 is 1.32 bits per heavy atom. The van der Waals surface area contributed by atoms with Crippen LogP contribution in [0.25, 0.3) is 10.8 Å². The average molecular weight is 323 g/mol. The minimum Gasteiger partial charge on any atom is -0.311 e. The first-order valence-electron chi connectivity index (χ1n) is 7.18. The number of hydrogen-bond acceptors (Lipinski definition) is 4. The molecular weight excluding hydrogens is 305 g/mol. The molecule has 2 aromatic rings. The zero-order valence-corrected chi connectivity index (χ0v) is 13.3. The summed E-state index contributed by atoms with van der Waals surface area (Å²) >= 11 is 0. The highest BCUT2D eigenvalue weighted by Crippen LogP contribution is 2.29. The zero-order valence-electron chi connectivity index (χ0n) is 12.5. The molecule has 0 spiro atoms. The molecule has 1 saturated heterocycles. The van der Waals surface area contributed by atoms with E-state index in [0.717, 1.165) is 6.20 Å². The minimum absolute atomic E-state index is 0.00542. The summed E-state index contributed by atoms with van der Waals surface area (Å²) in [7, 11) is -3.77. The molecule has 0 aliphatic carbocycles. The number of sulfonamides is 1. The fraction of sp³-hybridized carbons (Fsp3) is 0.400. The quantitative estimate of drug-likeness (QED) is 0.914. The molecule has 5 nitrogen and oxygen atoms in total. The van der Waals surface area contributed by atoms with Crippen LogP contribution in [0, 0.1) is 5.82 Å². The van der Waals surface area contributed by atoms with Crippen LogP contribution in [-0.4, -0.2) is 42.9 Å². The van der Waals surface area contributed by atoms with Crippen LogP contribution in [-0.2, 0) is 10.0 Å². The summed E-state index contributed by atoms with van der Waals surface area (Å²) in [6, 6.07) is 4.62. The van der Waals surface area contributed by atoms with Gasteiger partial charge in [-0.15, -0.1) is 0 Å². The number of hydrogen-bond donors (Lipinski definition) is 1. The van der Waals surface area contributed by atoms with Crippen LogP contribution in [0.3, 0.4) is 0 Å². The molecule has 118 valence electrons. The third-order valence-electron chi connectivity index (χ3n) is 3.99. The molecule has 2 heterocycles. The van der Waals surface area contributed by atoms with Crippen LogP contribution < -0.4 is 5.32 Å². The van der Waals surface area contributed by atoms with Crippen molar-refractivity contribution < 1.29 is 12.8 Å². The van der Waals surface area contributed by atoms with Gasteiger partial charge in [0, 0.05) is 42.1 Å². The molecule has 1 aromatic carbocycles. The van der Waals surface area contributed by atoms with E-state index < -0.39 is 15.8 Å². The first-order valence-corrected chi connectivity index (χ1v) is 8.62. The number of piperazine rings is 1. The predicted octanol–water partition coefficient (Wildman–Crippen LogP) is 1.74. The van der Waals surface area contributed by atoms with E-state index in [1.165, 1.54) is 16.6 Å². The van der Waals surface area contributed by atoms with Crippen molar-refractivity contribution in [3.63, 3.8) is 0 Å². The number of pyridine rings is 1. The largest absolute Gasteiger partial charge is 0.311 e. The van der Waals surface area contributed by atoms with Gasteiger partial charge in [0.05, 0.1) is 11.1 Å². The van der Waals surface area contributed by atoms with Gasteiger partial charge in [0.1, 0.15) is 0 Å². The third kappa shape index (κ3) is 2.49. The number of fused-ring (bicyclic) bond motifs is 1. The van der Waals surface area contributed by atoms with E-state index in [1.54, 1.807) is 12.1 Å². The highest BCUT2D eigenvalue weighted by Gasteiger charge is 2.34. The van der Waals surface area contributed by atoms with Gasteiger partial charge >= 0.3 is 0 Å². The molecule has 22 heavy (non-hydrogen) atoms. The molecule has 1 aliphatic heterocycles. The standard InChI is InChI=1S/C15H18FN3O2S/c1-10-9-19(11(2)6-18-10)22(20,21)14-5-3-4-12-7-17-8-13(16)15(12)14/h3-5,7-8,10-11,18H,6,9H2,1-2H3. The van der Waals surface area contributed by atoms with Crippen molar-refractivity contribution in [2.75, 3.05) is 13.1 Å². The van der Waals surface area contributed by atoms with Gasteiger partial charge in [-0.1, -0.05) is 12.1 Å². The lowest BCUT2D eigenvalue weighted by Crippen LogP contribution is -2.56. The molecule has 0 amide bonds. The van der Waals surface area contributed by atoms with Gasteiger partial charge in [0.2, 0.25) is 10.0 Å². The predicted molar refractivity (Wildman–Crippen MR) is 82.5 cm³/mol. The van der Waals surface area contributed by atoms with Crippen molar-refractivity contribution in [1.29, 1.82) is 0 Å². The van der Waals surface area contributed by atoms with Crippen LogP contribution in [0.15, 0.2) is 35.5 Å². The molecule has 1 N–H and O–H groups in total. The lowest BCUT2D eigenvalue weighted by molar-refractivity contribution is 0.245. The normalized spacial score (nSPS) is 23.8. The second kappa shape index (κ2) is 5.57. The monoisotopic (exact) mass is 323 g/mol. The summed E-state index contributed by atoms with van der Waals surface area (Å²) < 4.78 is 41.6. The number of nitrogens with one attached hydrogen (secondary N) is 1. The van der Waals surface area contributed by atoms with Crippen molar-refractivity contribution >= 4 is 20.8 Å². The molecule has 3 rings (SSSR count). The first-order chi connectivity index (χ1) is 10.4. The fourth-order valence-electron chi connectivity index (χ4n) is 2.82. The molecule has 1 fully saturated rings. The number of halogens is 1. The maximum Gasteiger partial charge on any atom is 0.244 e. The Hall–Kier alpha value is -1.57. The van der Waals surface area contributed by atoms with Gasteiger partial charge in [0.25, 0.3) is 0 Å². The van der Waals surface area contributed by atoms with Crippen molar-refractivity contribution in [1.82, 2.24) is 14.6 Å². The van der Waals surface area contributed by atoms with E-state index in [4.69, 9.17) is 0 Å². The van der Waals surface area contributed by atoms with E-state index in [1.807, 2.05) is 13.8 Å². The van der Waals surface area contributed by atoms with Crippen LogP contribution >= 0.6 is 0 Å². The lowest BCUT2D eigenvalue weighted by atomic mass is 10.2. The van der Waals surface area contributed by atoms with Crippen LogP contribution in [0.4, 0.5) is 4.39 Å². The molecule has 0 bridgehead atoms. The summed E-state index contributed by atoms with van der Waals surface area (Å²) in [6.07, 6.45) is 2.52. The number of aromatic nitrogens is 1. The van der Waals surface area contributed by atoms with E-state index >= 15 is 0 Å². The van der Waals surface area contributed by atoms with Gasteiger partial charge in [-0.3, -0.25) is 4.98 Å². The lowest BCUT2D eigenvalue weighted by Gasteiger charge is -2.36. The second-order valence-electron chi connectivity index (χ2n) is 5.71. The highest BCUT2D eigenvalue weighted by molar-refractivity contribution is 7.89. The van der Waals surface area contributed by atoms with Gasteiger partial charge in [-0.2, -0.15) is 4.31 Å². The molecule has 7 heteroatoms. The summed E-state index contributed by atoms with van der Waals surface area (Å²) in [5, 5.41) is 3.83. The second-order valence-corrected chi connectivity index (χ2v) is 7.57. The van der Waals surface area contributed by atoms with Gasteiger partial charge in [-0.25, -0.2) is 12.8 Å². The fourth-order valence-corrected chi connectivity index (χ4v) is 4.77. The summed E-state index contributed by atoms with van der Waals surface area (Å²) in [5.41, 5.74) is 0. The highest BCUT2D eigenvalue weighted by atomic mass is 32.2. The topological polar surface area (TPSA) is 62.3 Å². The number of rotatable bonds is 2. The third-order valence-corrected chi connectivity index (χ3v) is 6.02. The Morgan fingerprint density at radius 2 is 2.09 bits per heavy atom. The van der Waals surface area contributed by atoms with Crippen LogP contribution in [0.2, 0.25) is 0 Å². The van der Waals surface area contributed by atoms with E-state index in [9.17, 15) is 12.8 Å². The molecule has 1 aromatic heterocycles. The van der Waals surface area contributed by atoms with Crippen LogP contribution in [0.1, 0.15) is 13.8 Å². The smallest absolute Gasteiger partial charge is 0.244 e. The SMILES string of the molecule is CC1CN(S(=O)(=O)c2cccc3cncc(F)c23)C(C)CN1. The summed E-state index contributed by atoms with van der Waals surface area (Å²) in [5.74, 6) is -0.618. The Balaban J connectivity index is 2.17. The molecular formula is C15H18FN3O2S. The van der Waals surface area contributed by atoms with Crippen molar-refractivity contribution in [2.45, 2.75) is 30.8 Å². The molecule has 0 radical (unpaired) electrons. The molecule has 2 unspecified atom stereocenters. The van der Waals surface area contributed by atoms with E-state index in [2.05, 4.69) is 10.3 Å². The Labute approximate surface area is 129 Å². The molecule has 0 saturated carbocycles. The van der Waals surface area contributed by atoms with Crippen molar-refractivity contribution in [2.24, 2.45) is 0 Å². The van der Waals surface area contributed by atoms with E-state index in [-0.39, 0.29) is 22.4 Å². The van der Waals surface area contributed by atoms with E-state index in [0.29, 0.717) is 18.5 Å². The van der Waals surface area contributed by atoms with Crippen molar-refractivity contribution in [3.05, 3.63) is 36.4 Å². The number of benzene rings is 1. The molecule has 1 aliphatic rings. The Bertz CT molecular complexity index is 804.